The van der Waals surface area contributed by atoms with Gasteiger partial charge >= 0.3 is 5.97 Å². The van der Waals surface area contributed by atoms with Crippen LogP contribution in [0.1, 0.15) is 17.5 Å². The lowest BCUT2D eigenvalue weighted by Gasteiger charge is -2.06. The summed E-state index contributed by atoms with van der Waals surface area (Å²) in [7, 11) is 0. The smallest absolute Gasteiger partial charge is 0.303 e. The Morgan fingerprint density at radius 1 is 0.957 bits per heavy atom. The molecular formula is C19H18N2O2. The Morgan fingerprint density at radius 2 is 1.57 bits per heavy atom. The number of imidazole rings is 1. The van der Waals surface area contributed by atoms with E-state index in [2.05, 4.69) is 29.2 Å². The lowest BCUT2D eigenvalue weighted by molar-refractivity contribution is -0.136. The first-order valence-corrected chi connectivity index (χ1v) is 7.56. The third-order valence-corrected chi connectivity index (χ3v) is 3.79. The van der Waals surface area contributed by atoms with Crippen molar-refractivity contribution in [3.8, 4) is 11.1 Å². The van der Waals surface area contributed by atoms with Gasteiger partial charge in [-0.1, -0.05) is 48.5 Å². The first-order valence-electron chi connectivity index (χ1n) is 7.56. The lowest BCUT2D eigenvalue weighted by atomic mass is 10.0. The molecular weight excluding hydrogens is 288 g/mol. The number of carboxylic acid groups (broad SMARTS) is 1. The maximum absolute atomic E-state index is 10.6. The zero-order valence-electron chi connectivity index (χ0n) is 12.7. The average molecular weight is 306 g/mol. The van der Waals surface area contributed by atoms with Crippen LogP contribution in [0.5, 0.6) is 0 Å². The highest BCUT2D eigenvalue weighted by Crippen LogP contribution is 2.21. The van der Waals surface area contributed by atoms with Crippen molar-refractivity contribution >= 4 is 5.97 Å². The van der Waals surface area contributed by atoms with E-state index >= 15 is 0 Å². The largest absolute Gasteiger partial charge is 0.481 e. The Bertz CT molecular complexity index is 760. The molecule has 0 amide bonds. The Balaban J connectivity index is 1.68. The fourth-order valence-corrected chi connectivity index (χ4v) is 2.51. The Labute approximate surface area is 135 Å². The Hall–Kier alpha value is -2.88. The molecule has 0 aliphatic rings. The minimum absolute atomic E-state index is 0.169. The maximum Gasteiger partial charge on any atom is 0.303 e. The SMILES string of the molecule is O=C(O)CCc1ccc(-c2ccc(Cn3ccnc3)cc2)cc1. The predicted molar refractivity (Wildman–Crippen MR) is 89.2 cm³/mol. The van der Waals surface area contributed by atoms with Gasteiger partial charge in [0.15, 0.2) is 0 Å². The molecule has 0 aliphatic heterocycles. The molecule has 3 aromatic rings. The van der Waals surface area contributed by atoms with Gasteiger partial charge in [-0.2, -0.15) is 0 Å². The number of benzene rings is 2. The molecule has 0 saturated heterocycles. The minimum Gasteiger partial charge on any atom is -0.481 e. The van der Waals surface area contributed by atoms with Crippen LogP contribution in [0, 0.1) is 0 Å². The highest BCUT2D eigenvalue weighted by molar-refractivity contribution is 5.67. The van der Waals surface area contributed by atoms with Crippen molar-refractivity contribution in [1.82, 2.24) is 9.55 Å². The number of carbonyl (C=O) groups is 1. The van der Waals surface area contributed by atoms with E-state index in [1.165, 1.54) is 5.56 Å². The molecule has 116 valence electrons. The van der Waals surface area contributed by atoms with Crippen molar-refractivity contribution in [3.05, 3.63) is 78.4 Å². The second-order valence-corrected chi connectivity index (χ2v) is 5.52. The quantitative estimate of drug-likeness (QED) is 0.757. The number of nitrogens with zero attached hydrogens (tertiary/aromatic N) is 2. The van der Waals surface area contributed by atoms with Gasteiger partial charge in [-0.3, -0.25) is 4.79 Å². The molecule has 23 heavy (non-hydrogen) atoms. The molecule has 0 fully saturated rings. The highest BCUT2D eigenvalue weighted by Gasteiger charge is 2.02. The third kappa shape index (κ3) is 4.07. The van der Waals surface area contributed by atoms with Crippen LogP contribution in [0.2, 0.25) is 0 Å². The maximum atomic E-state index is 10.6. The van der Waals surface area contributed by atoms with Crippen molar-refractivity contribution in [2.75, 3.05) is 0 Å². The van der Waals surface area contributed by atoms with Crippen molar-refractivity contribution in [3.63, 3.8) is 0 Å². The molecule has 1 heterocycles. The van der Waals surface area contributed by atoms with Crippen LogP contribution in [0.3, 0.4) is 0 Å². The molecule has 1 aromatic heterocycles. The lowest BCUT2D eigenvalue weighted by Crippen LogP contribution is -1.97. The van der Waals surface area contributed by atoms with Crippen molar-refractivity contribution in [2.45, 2.75) is 19.4 Å². The Morgan fingerprint density at radius 3 is 2.09 bits per heavy atom. The molecule has 0 unspecified atom stereocenters. The van der Waals surface area contributed by atoms with Crippen molar-refractivity contribution < 1.29 is 9.90 Å². The van der Waals surface area contributed by atoms with Gasteiger partial charge in [-0.05, 0) is 28.7 Å². The van der Waals surface area contributed by atoms with E-state index in [-0.39, 0.29) is 6.42 Å². The molecule has 2 aromatic carbocycles. The third-order valence-electron chi connectivity index (χ3n) is 3.79. The minimum atomic E-state index is -0.762. The second kappa shape index (κ2) is 6.92. The van der Waals surface area contributed by atoms with Gasteiger partial charge in [0.1, 0.15) is 0 Å². The molecule has 4 nitrogen and oxygen atoms in total. The zero-order chi connectivity index (χ0) is 16.1. The summed E-state index contributed by atoms with van der Waals surface area (Å²) in [5.41, 5.74) is 4.57. The van der Waals surface area contributed by atoms with Crippen LogP contribution >= 0.6 is 0 Å². The molecule has 0 bridgehead atoms. The monoisotopic (exact) mass is 306 g/mol. The number of aryl methyl sites for hydroxylation is 1. The molecule has 0 radical (unpaired) electrons. The summed E-state index contributed by atoms with van der Waals surface area (Å²) in [6, 6.07) is 16.5. The van der Waals surface area contributed by atoms with E-state index in [1.807, 2.05) is 41.4 Å². The van der Waals surface area contributed by atoms with Crippen LogP contribution in [-0.4, -0.2) is 20.6 Å². The summed E-state index contributed by atoms with van der Waals surface area (Å²) in [5, 5.41) is 8.72. The fourth-order valence-electron chi connectivity index (χ4n) is 2.51. The van der Waals surface area contributed by atoms with Gasteiger partial charge in [0, 0.05) is 25.4 Å². The summed E-state index contributed by atoms with van der Waals surface area (Å²) in [5.74, 6) is -0.762. The van der Waals surface area contributed by atoms with Crippen LogP contribution in [-0.2, 0) is 17.8 Å². The van der Waals surface area contributed by atoms with Crippen LogP contribution in [0.4, 0.5) is 0 Å². The standard InChI is InChI=1S/C19H18N2O2/c22-19(23)10-5-15-1-6-17(7-2-15)18-8-3-16(4-9-18)13-21-12-11-20-14-21/h1-4,6-9,11-12,14H,5,10,13H2,(H,22,23). The first-order chi connectivity index (χ1) is 11.2. The topological polar surface area (TPSA) is 55.1 Å². The number of rotatable bonds is 6. The number of aromatic nitrogens is 2. The average Bonchev–Trinajstić information content (AvgIpc) is 3.07. The van der Waals surface area contributed by atoms with Crippen molar-refractivity contribution in [2.24, 2.45) is 0 Å². The molecule has 3 rings (SSSR count). The molecule has 0 spiro atoms. The van der Waals surface area contributed by atoms with Gasteiger partial charge in [0.2, 0.25) is 0 Å². The number of hydrogen-bond donors (Lipinski definition) is 1. The normalized spacial score (nSPS) is 10.6. The van der Waals surface area contributed by atoms with Gasteiger partial charge in [-0.25, -0.2) is 4.98 Å². The van der Waals surface area contributed by atoms with Crippen LogP contribution in [0.15, 0.2) is 67.3 Å². The van der Waals surface area contributed by atoms with Crippen molar-refractivity contribution in [1.29, 1.82) is 0 Å². The van der Waals surface area contributed by atoms with E-state index in [4.69, 9.17) is 5.11 Å². The predicted octanol–water partition coefficient (Wildman–Crippen LogP) is 3.62. The van der Waals surface area contributed by atoms with E-state index in [0.29, 0.717) is 6.42 Å². The van der Waals surface area contributed by atoms with Gasteiger partial charge < -0.3 is 9.67 Å². The number of aliphatic carboxylic acids is 1. The molecule has 0 atom stereocenters. The molecule has 4 heteroatoms. The Kier molecular flexibility index (Phi) is 4.52. The molecule has 1 N–H and O–H groups in total. The van der Waals surface area contributed by atoms with Gasteiger partial charge in [0.25, 0.3) is 0 Å². The van der Waals surface area contributed by atoms with Gasteiger partial charge in [0.05, 0.1) is 6.33 Å². The molecule has 0 aliphatic carbocycles. The van der Waals surface area contributed by atoms with E-state index in [0.717, 1.165) is 23.2 Å². The number of hydrogen-bond acceptors (Lipinski definition) is 2. The summed E-state index contributed by atoms with van der Waals surface area (Å²) in [6.45, 7) is 0.814. The summed E-state index contributed by atoms with van der Waals surface area (Å²) in [4.78, 5) is 14.6. The highest BCUT2D eigenvalue weighted by atomic mass is 16.4. The summed E-state index contributed by atoms with van der Waals surface area (Å²) < 4.78 is 2.03. The van der Waals surface area contributed by atoms with E-state index < -0.39 is 5.97 Å². The zero-order valence-corrected chi connectivity index (χ0v) is 12.7. The van der Waals surface area contributed by atoms with Gasteiger partial charge in [-0.15, -0.1) is 0 Å². The second-order valence-electron chi connectivity index (χ2n) is 5.52. The van der Waals surface area contributed by atoms with E-state index in [1.54, 1.807) is 6.20 Å². The number of carboxylic acids is 1. The van der Waals surface area contributed by atoms with Crippen LogP contribution < -0.4 is 0 Å². The first kappa shape index (κ1) is 15.0. The van der Waals surface area contributed by atoms with E-state index in [9.17, 15) is 4.79 Å². The fraction of sp³-hybridized carbons (Fsp3) is 0.158. The summed E-state index contributed by atoms with van der Waals surface area (Å²) in [6.07, 6.45) is 6.27. The van der Waals surface area contributed by atoms with Crippen LogP contribution in [0.25, 0.3) is 11.1 Å². The molecule has 0 saturated carbocycles. The summed E-state index contributed by atoms with van der Waals surface area (Å²) >= 11 is 0.